The maximum absolute atomic E-state index is 12.6. The fourth-order valence-corrected chi connectivity index (χ4v) is 3.46. The van der Waals surface area contributed by atoms with Crippen LogP contribution >= 0.6 is 0 Å². The van der Waals surface area contributed by atoms with Crippen LogP contribution in [0.5, 0.6) is 0 Å². The molecule has 2 atom stereocenters. The Labute approximate surface area is 167 Å². The zero-order valence-electron chi connectivity index (χ0n) is 17.4. The number of hydrogen-bond acceptors (Lipinski definition) is 6. The van der Waals surface area contributed by atoms with E-state index in [0.29, 0.717) is 13.0 Å². The monoisotopic (exact) mass is 416 g/mol. The van der Waals surface area contributed by atoms with Gasteiger partial charge in [0.25, 0.3) is 11.5 Å². The molecule has 0 spiro atoms. The van der Waals surface area contributed by atoms with Crippen LogP contribution in [0.15, 0.2) is 23.1 Å². The Morgan fingerprint density at radius 1 is 1.39 bits per heavy atom. The van der Waals surface area contributed by atoms with E-state index < -0.39 is 26.8 Å². The van der Waals surface area contributed by atoms with E-state index in [4.69, 9.17) is 9.57 Å². The summed E-state index contributed by atoms with van der Waals surface area (Å²) in [6.07, 6.45) is 4.44. The highest BCUT2D eigenvalue weighted by atomic mass is 32.2. The maximum atomic E-state index is 12.6. The van der Waals surface area contributed by atoms with Crippen LogP contribution in [-0.4, -0.2) is 42.8 Å². The molecule has 1 N–H and O–H groups in total. The molecule has 0 radical (unpaired) electrons. The summed E-state index contributed by atoms with van der Waals surface area (Å²) in [6.45, 7) is 7.77. The average Bonchev–Trinajstić information content (AvgIpc) is 2.66. The average molecular weight is 417 g/mol. The van der Waals surface area contributed by atoms with Gasteiger partial charge >= 0.3 is 0 Å². The van der Waals surface area contributed by atoms with Gasteiger partial charge in [-0.1, -0.05) is 13.8 Å². The quantitative estimate of drug-likeness (QED) is 0.682. The van der Waals surface area contributed by atoms with Crippen molar-refractivity contribution >= 4 is 15.7 Å². The summed E-state index contributed by atoms with van der Waals surface area (Å²) in [6, 6.07) is 3.21. The first-order valence-corrected chi connectivity index (χ1v) is 11.5. The van der Waals surface area contributed by atoms with Gasteiger partial charge in [0, 0.05) is 38.1 Å². The lowest BCUT2D eigenvalue weighted by Gasteiger charge is -2.28. The van der Waals surface area contributed by atoms with Crippen molar-refractivity contribution in [2.24, 2.45) is 0 Å². The van der Waals surface area contributed by atoms with Crippen LogP contribution < -0.4 is 11.0 Å². The number of carbonyl (C=O) groups is 1. The molecule has 0 bridgehead atoms. The Morgan fingerprint density at radius 2 is 2.07 bits per heavy atom. The molecule has 28 heavy (non-hydrogen) atoms. The van der Waals surface area contributed by atoms with Crippen LogP contribution in [-0.2, 0) is 30.8 Å². The Morgan fingerprint density at radius 3 is 2.61 bits per heavy atom. The van der Waals surface area contributed by atoms with Crippen LogP contribution in [0.3, 0.4) is 0 Å². The van der Waals surface area contributed by atoms with Gasteiger partial charge in [0.15, 0.2) is 20.9 Å². The van der Waals surface area contributed by atoms with Gasteiger partial charge in [-0.15, -0.1) is 0 Å². The molecule has 1 aromatic rings. The Kier molecular flexibility index (Phi) is 9.32. The predicted molar refractivity (Wildman–Crippen MR) is 107 cm³/mol. The van der Waals surface area contributed by atoms with Gasteiger partial charge in [-0.2, -0.15) is 0 Å². The predicted octanol–water partition coefficient (Wildman–Crippen LogP) is 1.95. The largest absolute Gasteiger partial charge is 0.350 e. The number of sulfone groups is 1. The molecule has 160 valence electrons. The Bertz CT molecular complexity index is 799. The van der Waals surface area contributed by atoms with Crippen molar-refractivity contribution in [2.45, 2.75) is 71.0 Å². The van der Waals surface area contributed by atoms with Gasteiger partial charge in [0.1, 0.15) is 0 Å². The minimum absolute atomic E-state index is 0.0600. The number of nitrogens with one attached hydrogen (secondary N) is 1. The van der Waals surface area contributed by atoms with Crippen molar-refractivity contribution in [3.05, 3.63) is 34.2 Å². The number of carbonyl (C=O) groups excluding carboxylic acids is 1. The Hall–Kier alpha value is -1.71. The van der Waals surface area contributed by atoms with Crippen molar-refractivity contribution in [2.75, 3.05) is 12.9 Å². The summed E-state index contributed by atoms with van der Waals surface area (Å²) in [5, 5.41) is 0. The first kappa shape index (κ1) is 24.3. The molecule has 2 unspecified atom stereocenters. The van der Waals surface area contributed by atoms with Crippen molar-refractivity contribution in [3.8, 4) is 0 Å². The summed E-state index contributed by atoms with van der Waals surface area (Å²) >= 11 is 0. The number of pyridine rings is 1. The lowest BCUT2D eigenvalue weighted by atomic mass is 10.1. The number of amides is 1. The molecule has 1 amide bonds. The summed E-state index contributed by atoms with van der Waals surface area (Å²) in [5.41, 5.74) is 2.80. The normalized spacial score (nSPS) is 19.1. The van der Waals surface area contributed by atoms with Gasteiger partial charge in [-0.05, 0) is 44.7 Å². The molecule has 2 heterocycles. The Balaban J connectivity index is 0.00000190. The number of aromatic nitrogens is 1. The van der Waals surface area contributed by atoms with Crippen LogP contribution in [0.2, 0.25) is 0 Å². The highest BCUT2D eigenvalue weighted by Gasteiger charge is 2.43. The zero-order valence-corrected chi connectivity index (χ0v) is 18.2. The van der Waals surface area contributed by atoms with Crippen LogP contribution in [0.1, 0.15) is 52.0 Å². The van der Waals surface area contributed by atoms with Crippen LogP contribution in [0.25, 0.3) is 0 Å². The van der Waals surface area contributed by atoms with Gasteiger partial charge in [-0.25, -0.2) is 18.7 Å². The first-order valence-electron chi connectivity index (χ1n) is 9.58. The van der Waals surface area contributed by atoms with Crippen molar-refractivity contribution in [1.82, 2.24) is 10.0 Å². The van der Waals surface area contributed by atoms with E-state index in [1.165, 1.54) is 17.6 Å². The molecule has 1 aliphatic heterocycles. The molecular weight excluding hydrogens is 384 g/mol. The molecule has 1 aliphatic rings. The SMILES string of the molecule is CC.Cc1ccn(CCC(C)(C(=O)NOC2CCCCO2)S(C)(=O)=O)c(=O)c1. The second-order valence-corrected chi connectivity index (χ2v) is 9.28. The third-order valence-corrected chi connectivity index (χ3v) is 6.73. The van der Waals surface area contributed by atoms with E-state index in [2.05, 4.69) is 5.48 Å². The van der Waals surface area contributed by atoms with Crippen molar-refractivity contribution in [3.63, 3.8) is 0 Å². The lowest BCUT2D eigenvalue weighted by Crippen LogP contribution is -2.51. The second-order valence-electron chi connectivity index (χ2n) is 6.83. The van der Waals surface area contributed by atoms with E-state index in [0.717, 1.165) is 24.7 Å². The standard InChI is InChI=1S/C17H26N2O6S.C2H6/c1-13-7-9-19(14(20)12-13)10-8-17(2,26(3,22)23)16(21)18-25-15-6-4-5-11-24-15;1-2/h7,9,12,15H,4-6,8,10-11H2,1-3H3,(H,18,21);1-2H3. The summed E-state index contributed by atoms with van der Waals surface area (Å²) < 4.78 is 29.5. The molecule has 9 heteroatoms. The zero-order chi connectivity index (χ0) is 21.4. The summed E-state index contributed by atoms with van der Waals surface area (Å²) in [5.74, 6) is -0.769. The van der Waals surface area contributed by atoms with Gasteiger partial charge in [0.05, 0.1) is 0 Å². The molecular formula is C19H32N2O6S. The van der Waals surface area contributed by atoms with Crippen molar-refractivity contribution < 1.29 is 22.8 Å². The van der Waals surface area contributed by atoms with Gasteiger partial charge in [-0.3, -0.25) is 9.59 Å². The molecule has 0 aliphatic carbocycles. The summed E-state index contributed by atoms with van der Waals surface area (Å²) in [7, 11) is -3.76. The van der Waals surface area contributed by atoms with Crippen LogP contribution in [0, 0.1) is 6.92 Å². The fraction of sp³-hybridized carbons (Fsp3) is 0.684. The number of nitrogens with zero attached hydrogens (tertiary/aromatic N) is 1. The van der Waals surface area contributed by atoms with Gasteiger partial charge < -0.3 is 9.30 Å². The highest BCUT2D eigenvalue weighted by molar-refractivity contribution is 7.92. The number of aryl methyl sites for hydroxylation is 2. The molecule has 2 rings (SSSR count). The topological polar surface area (TPSA) is 104 Å². The molecule has 0 aromatic carbocycles. The van der Waals surface area contributed by atoms with E-state index in [-0.39, 0.29) is 18.5 Å². The molecule has 1 aromatic heterocycles. The van der Waals surface area contributed by atoms with E-state index in [9.17, 15) is 18.0 Å². The minimum Gasteiger partial charge on any atom is -0.350 e. The third-order valence-electron chi connectivity index (χ3n) is 4.70. The molecule has 1 saturated heterocycles. The lowest BCUT2D eigenvalue weighted by molar-refractivity contribution is -0.201. The second kappa shape index (κ2) is 10.7. The number of ether oxygens (including phenoxy) is 1. The highest BCUT2D eigenvalue weighted by Crippen LogP contribution is 2.23. The van der Waals surface area contributed by atoms with E-state index in [1.54, 1.807) is 19.2 Å². The molecule has 1 fully saturated rings. The van der Waals surface area contributed by atoms with Gasteiger partial charge in [0.2, 0.25) is 0 Å². The summed E-state index contributed by atoms with van der Waals surface area (Å²) in [4.78, 5) is 29.8. The van der Waals surface area contributed by atoms with Crippen LogP contribution in [0.4, 0.5) is 0 Å². The van der Waals surface area contributed by atoms with E-state index >= 15 is 0 Å². The number of rotatable bonds is 7. The number of hydroxylamine groups is 1. The first-order chi connectivity index (χ1) is 13.1. The molecule has 8 nitrogen and oxygen atoms in total. The van der Waals surface area contributed by atoms with Crippen molar-refractivity contribution in [1.29, 1.82) is 0 Å². The smallest absolute Gasteiger partial charge is 0.264 e. The maximum Gasteiger partial charge on any atom is 0.264 e. The van der Waals surface area contributed by atoms with E-state index in [1.807, 2.05) is 13.8 Å². The number of hydrogen-bond donors (Lipinski definition) is 1. The molecule has 0 saturated carbocycles. The third kappa shape index (κ3) is 6.42. The fourth-order valence-electron chi connectivity index (χ4n) is 2.62. The minimum atomic E-state index is -3.76.